The molecule has 4 aromatic rings. The van der Waals surface area contributed by atoms with Gasteiger partial charge in [0.1, 0.15) is 22.9 Å². The largest absolute Gasteiger partial charge is 0.506 e. The first kappa shape index (κ1) is 29.1. The third-order valence-corrected chi connectivity index (χ3v) is 8.17. The Hall–Kier alpha value is -3.90. The maximum Gasteiger partial charge on any atom is 0.230 e. The highest BCUT2D eigenvalue weighted by atomic mass is 32.1. The number of phenolic OH excluding ortho intramolecular Hbond substituents is 2. The first-order valence-corrected chi connectivity index (χ1v) is 14.8. The van der Waals surface area contributed by atoms with E-state index in [0.29, 0.717) is 21.6 Å². The minimum atomic E-state index is 0.0722. The van der Waals surface area contributed by atoms with Gasteiger partial charge in [0.05, 0.1) is 9.75 Å². The molecule has 2 aromatic carbocycles. The summed E-state index contributed by atoms with van der Waals surface area (Å²) in [5.41, 5.74) is 2.63. The number of aromatic hydroxyl groups is 2. The highest BCUT2D eigenvalue weighted by molar-refractivity contribution is 7.25. The number of aromatic nitrogens is 2. The molecule has 210 valence electrons. The lowest BCUT2D eigenvalue weighted by atomic mass is 10.2. The lowest BCUT2D eigenvalue weighted by Crippen LogP contribution is -2.17. The molecule has 4 rings (SSSR count). The highest BCUT2D eigenvalue weighted by Crippen LogP contribution is 2.39. The Balaban J connectivity index is 1.39. The Morgan fingerprint density at radius 2 is 1.10 bits per heavy atom. The van der Waals surface area contributed by atoms with Crippen LogP contribution in [-0.4, -0.2) is 47.4 Å². The number of azo groups is 2. The topological polar surface area (TPSA) is 122 Å². The zero-order valence-electron chi connectivity index (χ0n) is 23.2. The molecule has 12 heteroatoms. The Labute approximate surface area is 242 Å². The molecule has 0 aliphatic rings. The van der Waals surface area contributed by atoms with Gasteiger partial charge in [-0.2, -0.15) is 0 Å². The number of hydrogen-bond acceptors (Lipinski definition) is 12. The van der Waals surface area contributed by atoms with E-state index in [4.69, 9.17) is 0 Å². The van der Waals surface area contributed by atoms with Crippen molar-refractivity contribution in [3.63, 3.8) is 0 Å². The summed E-state index contributed by atoms with van der Waals surface area (Å²) in [6.45, 7) is 6.15. The molecule has 0 atom stereocenters. The minimum Gasteiger partial charge on any atom is -0.506 e. The normalized spacial score (nSPS) is 11.6. The predicted octanol–water partition coefficient (Wildman–Crippen LogP) is 8.98. The molecule has 0 fully saturated rings. The van der Waals surface area contributed by atoms with E-state index in [9.17, 15) is 10.2 Å². The van der Waals surface area contributed by atoms with E-state index in [1.165, 1.54) is 22.7 Å². The van der Waals surface area contributed by atoms with Crippen molar-refractivity contribution >= 4 is 55.7 Å². The second kappa shape index (κ2) is 13.9. The summed E-state index contributed by atoms with van der Waals surface area (Å²) in [4.78, 5) is 14.6. The Morgan fingerprint density at radius 3 is 1.48 bits per heavy atom. The summed E-state index contributed by atoms with van der Waals surface area (Å²) >= 11 is 2.72. The van der Waals surface area contributed by atoms with Crippen LogP contribution in [0.5, 0.6) is 11.5 Å². The average Bonchev–Trinajstić information content (AvgIpc) is 3.63. The van der Waals surface area contributed by atoms with Crippen LogP contribution in [0.2, 0.25) is 0 Å². The smallest absolute Gasteiger partial charge is 0.230 e. The molecular formula is C28H34N8O2S2. The number of phenols is 2. The van der Waals surface area contributed by atoms with E-state index in [1.807, 2.05) is 26.2 Å². The lowest BCUT2D eigenvalue weighted by molar-refractivity contribution is 0.476. The van der Waals surface area contributed by atoms with Crippen molar-refractivity contribution < 1.29 is 10.2 Å². The molecule has 40 heavy (non-hydrogen) atoms. The maximum atomic E-state index is 10.4. The number of hydrogen-bond donors (Lipinski definition) is 2. The van der Waals surface area contributed by atoms with Gasteiger partial charge in [0, 0.05) is 63.1 Å². The average molecular weight is 579 g/mol. The van der Waals surface area contributed by atoms with Gasteiger partial charge in [0.25, 0.3) is 0 Å². The molecule has 2 aromatic heterocycles. The lowest BCUT2D eigenvalue weighted by Gasteiger charge is -2.19. The molecule has 0 amide bonds. The quantitative estimate of drug-likeness (QED) is 0.153. The van der Waals surface area contributed by atoms with E-state index < -0.39 is 0 Å². The monoisotopic (exact) mass is 578 g/mol. The Kier molecular flexibility index (Phi) is 10.1. The van der Waals surface area contributed by atoms with Crippen molar-refractivity contribution in [2.24, 2.45) is 20.5 Å². The van der Waals surface area contributed by atoms with Crippen molar-refractivity contribution in [1.82, 2.24) is 9.97 Å². The number of anilines is 2. The fourth-order valence-electron chi connectivity index (χ4n) is 3.76. The Morgan fingerprint density at radius 1 is 0.675 bits per heavy atom. The van der Waals surface area contributed by atoms with E-state index in [2.05, 4.69) is 54.1 Å². The van der Waals surface area contributed by atoms with Crippen LogP contribution >= 0.6 is 22.7 Å². The van der Waals surface area contributed by atoms with E-state index >= 15 is 0 Å². The van der Waals surface area contributed by atoms with Gasteiger partial charge in [-0.25, -0.2) is 9.97 Å². The summed E-state index contributed by atoms with van der Waals surface area (Å²) in [7, 11) is 4.01. The summed E-state index contributed by atoms with van der Waals surface area (Å²) < 4.78 is 0. The van der Waals surface area contributed by atoms with Crippen LogP contribution in [0.25, 0.3) is 9.75 Å². The number of nitrogens with zero attached hydrogens (tertiary/aromatic N) is 8. The second-order valence-corrected chi connectivity index (χ2v) is 11.3. The van der Waals surface area contributed by atoms with E-state index in [1.54, 1.807) is 36.7 Å². The van der Waals surface area contributed by atoms with Gasteiger partial charge in [-0.1, -0.05) is 49.4 Å². The molecule has 0 saturated heterocycles. The van der Waals surface area contributed by atoms with Gasteiger partial charge in [-0.05, 0) is 37.1 Å². The van der Waals surface area contributed by atoms with Gasteiger partial charge >= 0.3 is 0 Å². The van der Waals surface area contributed by atoms with E-state index in [0.717, 1.165) is 59.9 Å². The number of thiazole rings is 2. The van der Waals surface area contributed by atoms with Gasteiger partial charge < -0.3 is 20.0 Å². The minimum absolute atomic E-state index is 0.0722. The molecule has 0 unspecified atom stereocenters. The van der Waals surface area contributed by atoms with Crippen LogP contribution in [0.3, 0.4) is 0 Å². The molecule has 2 N–H and O–H groups in total. The molecule has 0 saturated carbocycles. The predicted molar refractivity (Wildman–Crippen MR) is 164 cm³/mol. The molecular weight excluding hydrogens is 544 g/mol. The third-order valence-electron chi connectivity index (χ3n) is 6.21. The fraction of sp³-hybridized carbons (Fsp3) is 0.357. The highest BCUT2D eigenvalue weighted by Gasteiger charge is 2.11. The molecule has 2 heterocycles. The van der Waals surface area contributed by atoms with Crippen molar-refractivity contribution in [3.8, 4) is 21.3 Å². The van der Waals surface area contributed by atoms with Crippen molar-refractivity contribution in [1.29, 1.82) is 0 Å². The molecule has 10 nitrogen and oxygen atoms in total. The summed E-state index contributed by atoms with van der Waals surface area (Å²) in [6, 6.07) is 10.7. The zero-order valence-corrected chi connectivity index (χ0v) is 24.8. The molecule has 0 bridgehead atoms. The van der Waals surface area contributed by atoms with Gasteiger partial charge in [-0.3, -0.25) is 0 Å². The van der Waals surface area contributed by atoms with Crippen LogP contribution in [-0.2, 0) is 0 Å². The third kappa shape index (κ3) is 7.60. The van der Waals surface area contributed by atoms with Crippen molar-refractivity contribution in [2.75, 3.05) is 37.0 Å². The van der Waals surface area contributed by atoms with Crippen LogP contribution < -0.4 is 9.80 Å². The molecule has 0 spiro atoms. The molecule has 0 radical (unpaired) electrons. The first-order chi connectivity index (χ1) is 19.4. The molecule has 0 aliphatic heterocycles. The summed E-state index contributed by atoms with van der Waals surface area (Å²) in [5, 5.41) is 38.5. The molecule has 0 aliphatic carbocycles. The summed E-state index contributed by atoms with van der Waals surface area (Å²) in [6.07, 6.45) is 7.81. The van der Waals surface area contributed by atoms with E-state index in [-0.39, 0.29) is 11.5 Å². The van der Waals surface area contributed by atoms with Crippen molar-refractivity contribution in [3.05, 3.63) is 48.8 Å². The van der Waals surface area contributed by atoms with Gasteiger partial charge in [0.15, 0.2) is 0 Å². The van der Waals surface area contributed by atoms with Crippen LogP contribution in [0.4, 0.5) is 33.0 Å². The SMILES string of the molecule is CCCCN(C)c1ccc(N=Nc2ncc(-c3cnc(N=Nc4ccc(N(C)CCCC)cc4O)s3)s2)c(O)c1. The van der Waals surface area contributed by atoms with Crippen LogP contribution in [0.1, 0.15) is 39.5 Å². The summed E-state index contributed by atoms with van der Waals surface area (Å²) in [5.74, 6) is 0.144. The Bertz CT molecular complexity index is 1360. The second-order valence-electron chi connectivity index (χ2n) is 9.31. The maximum absolute atomic E-state index is 10.4. The van der Waals surface area contributed by atoms with Gasteiger partial charge in [0.2, 0.25) is 10.3 Å². The van der Waals surface area contributed by atoms with Gasteiger partial charge in [-0.15, -0.1) is 20.5 Å². The first-order valence-electron chi connectivity index (χ1n) is 13.2. The number of benzene rings is 2. The van der Waals surface area contributed by atoms with Crippen LogP contribution in [0, 0.1) is 0 Å². The van der Waals surface area contributed by atoms with Crippen molar-refractivity contribution in [2.45, 2.75) is 39.5 Å². The van der Waals surface area contributed by atoms with Crippen LogP contribution in [0.15, 0.2) is 69.2 Å². The number of unbranched alkanes of at least 4 members (excludes halogenated alkanes) is 2. The zero-order chi connectivity index (χ0) is 28.5. The standard InChI is InChI=1S/C28H34N8O2S2/c1-5-7-13-35(3)19-9-11-21(23(37)15-19)31-33-27-29-17-25(39-27)26-18-30-28(40-26)34-32-22-12-10-20(16-24(22)38)36(4)14-8-6-2/h9-12,15-18,37-38H,5-8,13-14H2,1-4H3. The number of rotatable bonds is 13. The fourth-order valence-corrected chi connectivity index (χ4v) is 5.29.